The Morgan fingerprint density at radius 3 is 2.79 bits per heavy atom. The van der Waals surface area contributed by atoms with E-state index in [1.807, 2.05) is 36.0 Å². The molecule has 0 atom stereocenters. The highest BCUT2D eigenvalue weighted by atomic mass is 32.2. The SMILES string of the molecule is CCCS(=O)(=O)N1CCc2c(sc3ncnc(-n4cccc4)c23)C1. The van der Waals surface area contributed by atoms with E-state index in [9.17, 15) is 8.42 Å². The second-order valence-electron chi connectivity index (χ2n) is 5.87. The number of sulfonamides is 1. The van der Waals surface area contributed by atoms with E-state index in [-0.39, 0.29) is 5.75 Å². The van der Waals surface area contributed by atoms with Crippen LogP contribution in [0.1, 0.15) is 23.8 Å². The molecule has 4 rings (SSSR count). The summed E-state index contributed by atoms with van der Waals surface area (Å²) in [5.74, 6) is 1.08. The van der Waals surface area contributed by atoms with Crippen molar-refractivity contribution in [3.8, 4) is 5.82 Å². The van der Waals surface area contributed by atoms with E-state index in [4.69, 9.17) is 0 Å². The van der Waals surface area contributed by atoms with Crippen LogP contribution in [0.15, 0.2) is 30.9 Å². The van der Waals surface area contributed by atoms with E-state index in [1.54, 1.807) is 22.0 Å². The highest BCUT2D eigenvalue weighted by Crippen LogP contribution is 2.37. The minimum Gasteiger partial charge on any atom is -0.308 e. The van der Waals surface area contributed by atoms with Gasteiger partial charge in [-0.2, -0.15) is 4.31 Å². The second-order valence-corrected chi connectivity index (χ2v) is 9.04. The predicted molar refractivity (Wildman–Crippen MR) is 94.9 cm³/mol. The summed E-state index contributed by atoms with van der Waals surface area (Å²) in [4.78, 5) is 10.9. The van der Waals surface area contributed by atoms with Crippen molar-refractivity contribution in [2.45, 2.75) is 26.3 Å². The van der Waals surface area contributed by atoms with E-state index < -0.39 is 10.0 Å². The van der Waals surface area contributed by atoms with Crippen molar-refractivity contribution < 1.29 is 8.42 Å². The first kappa shape index (κ1) is 15.7. The molecule has 3 aromatic heterocycles. The Bertz CT molecular complexity index is 977. The number of thiophene rings is 1. The average Bonchev–Trinajstić information content (AvgIpc) is 3.21. The standard InChI is InChI=1S/C16H18N4O2S2/c1-2-9-24(21,22)20-8-5-12-13(10-20)23-16-14(12)15(17-11-18-16)19-6-3-4-7-19/h3-4,6-7,11H,2,5,8-10H2,1H3. The predicted octanol–water partition coefficient (Wildman–Crippen LogP) is 2.58. The van der Waals surface area contributed by atoms with Gasteiger partial charge in [-0.15, -0.1) is 11.3 Å². The third-order valence-electron chi connectivity index (χ3n) is 4.29. The lowest BCUT2D eigenvalue weighted by atomic mass is 10.1. The van der Waals surface area contributed by atoms with Gasteiger partial charge in [0.1, 0.15) is 17.0 Å². The Kier molecular flexibility index (Phi) is 3.90. The van der Waals surface area contributed by atoms with E-state index in [1.165, 1.54) is 5.56 Å². The van der Waals surface area contributed by atoms with Gasteiger partial charge in [0, 0.05) is 30.4 Å². The van der Waals surface area contributed by atoms with Crippen molar-refractivity contribution >= 4 is 31.6 Å². The first-order valence-electron chi connectivity index (χ1n) is 7.96. The van der Waals surface area contributed by atoms with Gasteiger partial charge in [0.2, 0.25) is 10.0 Å². The molecule has 0 fully saturated rings. The fraction of sp³-hybridized carbons (Fsp3) is 0.375. The number of hydrogen-bond acceptors (Lipinski definition) is 5. The summed E-state index contributed by atoms with van der Waals surface area (Å²) in [6.07, 6.45) is 6.85. The molecule has 0 radical (unpaired) electrons. The van der Waals surface area contributed by atoms with Gasteiger partial charge in [-0.1, -0.05) is 6.92 Å². The van der Waals surface area contributed by atoms with Crippen LogP contribution in [-0.2, 0) is 23.0 Å². The molecular weight excluding hydrogens is 344 g/mol. The van der Waals surface area contributed by atoms with Crippen molar-refractivity contribution in [2.75, 3.05) is 12.3 Å². The van der Waals surface area contributed by atoms with Crippen LogP contribution in [0.4, 0.5) is 0 Å². The number of aromatic nitrogens is 3. The molecule has 0 amide bonds. The molecule has 6 nitrogen and oxygen atoms in total. The van der Waals surface area contributed by atoms with Gasteiger partial charge in [0.25, 0.3) is 0 Å². The molecular formula is C16H18N4O2S2. The normalized spacial score (nSPS) is 15.7. The zero-order valence-corrected chi connectivity index (χ0v) is 15.0. The van der Waals surface area contributed by atoms with Crippen LogP contribution >= 0.6 is 11.3 Å². The van der Waals surface area contributed by atoms with E-state index in [2.05, 4.69) is 9.97 Å². The molecule has 0 bridgehead atoms. The summed E-state index contributed by atoms with van der Waals surface area (Å²) < 4.78 is 28.3. The minimum atomic E-state index is -3.17. The number of rotatable bonds is 4. The van der Waals surface area contributed by atoms with Gasteiger partial charge in [-0.25, -0.2) is 18.4 Å². The topological polar surface area (TPSA) is 68.1 Å². The van der Waals surface area contributed by atoms with Gasteiger partial charge < -0.3 is 4.57 Å². The molecule has 0 aliphatic carbocycles. The molecule has 0 N–H and O–H groups in total. The van der Waals surface area contributed by atoms with E-state index >= 15 is 0 Å². The maximum absolute atomic E-state index is 12.4. The average molecular weight is 362 g/mol. The smallest absolute Gasteiger partial charge is 0.214 e. The van der Waals surface area contributed by atoms with Crippen molar-refractivity contribution in [3.63, 3.8) is 0 Å². The van der Waals surface area contributed by atoms with Crippen LogP contribution < -0.4 is 0 Å². The summed E-state index contributed by atoms with van der Waals surface area (Å²) >= 11 is 1.58. The van der Waals surface area contributed by atoms with Crippen LogP contribution in [0.25, 0.3) is 16.0 Å². The maximum Gasteiger partial charge on any atom is 0.214 e. The van der Waals surface area contributed by atoms with Gasteiger partial charge in [0.05, 0.1) is 11.1 Å². The Morgan fingerprint density at radius 1 is 1.25 bits per heavy atom. The number of nitrogens with zero attached hydrogens (tertiary/aromatic N) is 4. The minimum absolute atomic E-state index is 0.210. The molecule has 1 aliphatic rings. The lowest BCUT2D eigenvalue weighted by Crippen LogP contribution is -2.36. The summed E-state index contributed by atoms with van der Waals surface area (Å²) in [6.45, 7) is 2.87. The van der Waals surface area contributed by atoms with Gasteiger partial charge >= 0.3 is 0 Å². The molecule has 3 aromatic rings. The molecule has 126 valence electrons. The highest BCUT2D eigenvalue weighted by molar-refractivity contribution is 7.89. The van der Waals surface area contributed by atoms with Crippen molar-refractivity contribution in [1.29, 1.82) is 0 Å². The van der Waals surface area contributed by atoms with E-state index in [0.717, 1.165) is 20.9 Å². The fourth-order valence-corrected chi connectivity index (χ4v) is 5.93. The molecule has 8 heteroatoms. The lowest BCUT2D eigenvalue weighted by Gasteiger charge is -2.26. The molecule has 1 aliphatic heterocycles. The van der Waals surface area contributed by atoms with Crippen LogP contribution in [-0.4, -0.2) is 39.6 Å². The Morgan fingerprint density at radius 2 is 2.04 bits per heavy atom. The molecule has 0 aromatic carbocycles. The van der Waals surface area contributed by atoms with Crippen molar-refractivity contribution in [3.05, 3.63) is 41.3 Å². The zero-order chi connectivity index (χ0) is 16.7. The summed E-state index contributed by atoms with van der Waals surface area (Å²) in [7, 11) is -3.17. The number of hydrogen-bond donors (Lipinski definition) is 0. The van der Waals surface area contributed by atoms with Crippen LogP contribution in [0.3, 0.4) is 0 Å². The monoisotopic (exact) mass is 362 g/mol. The molecule has 0 saturated carbocycles. The van der Waals surface area contributed by atoms with Crippen LogP contribution in [0.2, 0.25) is 0 Å². The third-order valence-corrected chi connectivity index (χ3v) is 7.43. The molecule has 24 heavy (non-hydrogen) atoms. The molecule has 0 spiro atoms. The third kappa shape index (κ3) is 2.54. The Balaban J connectivity index is 1.80. The maximum atomic E-state index is 12.4. The summed E-state index contributed by atoms with van der Waals surface area (Å²) in [5.41, 5.74) is 1.20. The molecule has 4 heterocycles. The van der Waals surface area contributed by atoms with Gasteiger partial charge in [-0.3, -0.25) is 0 Å². The van der Waals surface area contributed by atoms with Crippen LogP contribution in [0, 0.1) is 0 Å². The summed E-state index contributed by atoms with van der Waals surface area (Å²) in [6, 6.07) is 3.93. The van der Waals surface area contributed by atoms with Gasteiger partial charge in [-0.05, 0) is 30.5 Å². The van der Waals surface area contributed by atoms with Crippen LogP contribution in [0.5, 0.6) is 0 Å². The fourth-order valence-electron chi connectivity index (χ4n) is 3.18. The zero-order valence-electron chi connectivity index (χ0n) is 13.3. The Hall–Kier alpha value is -1.77. The Labute approximate surface area is 144 Å². The quantitative estimate of drug-likeness (QED) is 0.715. The first-order valence-corrected chi connectivity index (χ1v) is 10.4. The highest BCUT2D eigenvalue weighted by Gasteiger charge is 2.29. The second kappa shape index (κ2) is 5.94. The molecule has 0 unspecified atom stereocenters. The van der Waals surface area contributed by atoms with Crippen molar-refractivity contribution in [1.82, 2.24) is 18.8 Å². The van der Waals surface area contributed by atoms with Gasteiger partial charge in [0.15, 0.2) is 0 Å². The van der Waals surface area contributed by atoms with Crippen molar-refractivity contribution in [2.24, 2.45) is 0 Å². The molecule has 0 saturated heterocycles. The van der Waals surface area contributed by atoms with E-state index in [0.29, 0.717) is 25.9 Å². The largest absolute Gasteiger partial charge is 0.308 e. The number of fused-ring (bicyclic) bond motifs is 3. The summed E-state index contributed by atoms with van der Waals surface area (Å²) in [5, 5.41) is 1.06. The first-order chi connectivity index (χ1) is 11.6. The lowest BCUT2D eigenvalue weighted by molar-refractivity contribution is 0.396.